The first-order chi connectivity index (χ1) is 9.09. The molecule has 0 spiro atoms. The van der Waals surface area contributed by atoms with E-state index < -0.39 is 0 Å². The van der Waals surface area contributed by atoms with Crippen molar-refractivity contribution >= 4 is 17.7 Å². The molecule has 1 heterocycles. The van der Waals surface area contributed by atoms with Crippen LogP contribution < -0.4 is 0 Å². The summed E-state index contributed by atoms with van der Waals surface area (Å²) >= 11 is 0. The fourth-order valence-electron chi connectivity index (χ4n) is 1.97. The van der Waals surface area contributed by atoms with E-state index in [1.807, 2.05) is 30.5 Å². The van der Waals surface area contributed by atoms with Gasteiger partial charge in [-0.1, -0.05) is 12.1 Å². The summed E-state index contributed by atoms with van der Waals surface area (Å²) < 4.78 is 15.2. The minimum atomic E-state index is -0.349. The first-order valence-corrected chi connectivity index (χ1v) is 6.09. The number of hydrogen-bond donors (Lipinski definition) is 1. The zero-order valence-electron chi connectivity index (χ0n) is 11.0. The van der Waals surface area contributed by atoms with E-state index in [0.717, 1.165) is 11.4 Å². The molecule has 2 rings (SSSR count). The number of rotatable bonds is 3. The fourth-order valence-corrected chi connectivity index (χ4v) is 1.97. The van der Waals surface area contributed by atoms with Crippen molar-refractivity contribution in [2.75, 3.05) is 0 Å². The molecule has 0 atom stereocenters. The van der Waals surface area contributed by atoms with Crippen molar-refractivity contribution in [3.63, 3.8) is 0 Å². The van der Waals surface area contributed by atoms with Gasteiger partial charge in [0, 0.05) is 24.0 Å². The number of halogens is 1. The van der Waals surface area contributed by atoms with Crippen molar-refractivity contribution in [1.29, 1.82) is 5.41 Å². The third kappa shape index (κ3) is 2.96. The summed E-state index contributed by atoms with van der Waals surface area (Å²) in [6, 6.07) is 10.3. The molecule has 3 nitrogen and oxygen atoms in total. The molecule has 0 saturated carbocycles. The van der Waals surface area contributed by atoms with Gasteiger partial charge in [-0.2, -0.15) is 0 Å². The maximum Gasteiger partial charge on any atom is 0.148 e. The van der Waals surface area contributed by atoms with Crippen LogP contribution in [0.1, 0.15) is 17.8 Å². The number of para-hydroxylation sites is 1. The third-order valence-electron chi connectivity index (χ3n) is 2.91. The Bertz CT molecular complexity index is 607. The number of nitrogens with one attached hydrogen (secondary N) is 1. The van der Waals surface area contributed by atoms with E-state index in [0.29, 0.717) is 17.9 Å². The molecule has 0 unspecified atom stereocenters. The molecule has 1 N–H and O–H groups in total. The largest absolute Gasteiger partial charge is 0.307 e. The molecule has 0 aliphatic rings. The molecule has 0 aliphatic heterocycles. The minimum absolute atomic E-state index is 0.302. The second-order valence-corrected chi connectivity index (χ2v) is 4.37. The van der Waals surface area contributed by atoms with E-state index in [1.54, 1.807) is 24.4 Å². The quantitative estimate of drug-likeness (QED) is 0.641. The molecule has 2 aromatic rings. The number of hydrogen-bond acceptors (Lipinski definition) is 2. The van der Waals surface area contributed by atoms with Crippen LogP contribution in [-0.4, -0.2) is 16.6 Å². The highest BCUT2D eigenvalue weighted by Crippen LogP contribution is 2.15. The molecular formula is C15H16FN3. The standard InChI is InChI=1S/C15H16FN3/c1-11-7-8-12(2)19(11)15(17)9-10-18-14-6-4-3-5-13(14)16/h3-8,10,17H,9H2,1-2H3. The highest BCUT2D eigenvalue weighted by molar-refractivity contribution is 5.94. The molecule has 0 saturated heterocycles. The van der Waals surface area contributed by atoms with Crippen molar-refractivity contribution in [3.05, 3.63) is 53.6 Å². The van der Waals surface area contributed by atoms with Crippen LogP contribution in [0.3, 0.4) is 0 Å². The maximum absolute atomic E-state index is 13.3. The van der Waals surface area contributed by atoms with Gasteiger partial charge in [0.25, 0.3) is 0 Å². The van der Waals surface area contributed by atoms with Gasteiger partial charge in [0.15, 0.2) is 0 Å². The van der Waals surface area contributed by atoms with Gasteiger partial charge in [0.05, 0.1) is 5.69 Å². The first-order valence-electron chi connectivity index (χ1n) is 6.09. The normalized spacial score (nSPS) is 11.1. The summed E-state index contributed by atoms with van der Waals surface area (Å²) in [6.45, 7) is 3.91. The smallest absolute Gasteiger partial charge is 0.148 e. The Balaban J connectivity index is 2.08. The summed E-state index contributed by atoms with van der Waals surface area (Å²) in [5.41, 5.74) is 2.33. The Morgan fingerprint density at radius 1 is 1.21 bits per heavy atom. The Labute approximate surface area is 111 Å². The molecular weight excluding hydrogens is 241 g/mol. The van der Waals surface area contributed by atoms with E-state index in [1.165, 1.54) is 6.07 Å². The molecule has 0 aliphatic carbocycles. The van der Waals surface area contributed by atoms with Crippen LogP contribution in [0.5, 0.6) is 0 Å². The Morgan fingerprint density at radius 3 is 2.47 bits per heavy atom. The second kappa shape index (κ2) is 5.61. The van der Waals surface area contributed by atoms with Crippen molar-refractivity contribution < 1.29 is 4.39 Å². The minimum Gasteiger partial charge on any atom is -0.307 e. The summed E-state index contributed by atoms with van der Waals surface area (Å²) in [7, 11) is 0. The molecule has 98 valence electrons. The summed E-state index contributed by atoms with van der Waals surface area (Å²) in [5, 5.41) is 8.03. The van der Waals surface area contributed by atoms with Gasteiger partial charge in [-0.15, -0.1) is 0 Å². The zero-order valence-corrected chi connectivity index (χ0v) is 11.0. The number of aromatic nitrogens is 1. The molecule has 1 aromatic heterocycles. The van der Waals surface area contributed by atoms with Gasteiger partial charge in [-0.3, -0.25) is 10.4 Å². The monoisotopic (exact) mass is 257 g/mol. The van der Waals surface area contributed by atoms with Crippen molar-refractivity contribution in [2.45, 2.75) is 20.3 Å². The predicted octanol–water partition coefficient (Wildman–Crippen LogP) is 3.86. The lowest BCUT2D eigenvalue weighted by Gasteiger charge is -2.08. The highest BCUT2D eigenvalue weighted by Gasteiger charge is 2.05. The lowest BCUT2D eigenvalue weighted by Crippen LogP contribution is -2.13. The molecule has 0 amide bonds. The van der Waals surface area contributed by atoms with Crippen LogP contribution in [0, 0.1) is 25.1 Å². The van der Waals surface area contributed by atoms with E-state index >= 15 is 0 Å². The van der Waals surface area contributed by atoms with Crippen LogP contribution in [0.2, 0.25) is 0 Å². The van der Waals surface area contributed by atoms with E-state index in [4.69, 9.17) is 5.41 Å². The lowest BCUT2D eigenvalue weighted by atomic mass is 10.3. The van der Waals surface area contributed by atoms with Crippen molar-refractivity contribution in [2.24, 2.45) is 4.99 Å². The molecule has 0 radical (unpaired) electrons. The molecule has 0 fully saturated rings. The third-order valence-corrected chi connectivity index (χ3v) is 2.91. The number of aliphatic imine (C=N–C) groups is 1. The Morgan fingerprint density at radius 2 is 1.84 bits per heavy atom. The number of benzene rings is 1. The average molecular weight is 257 g/mol. The SMILES string of the molecule is Cc1ccc(C)n1C(=N)CC=Nc1ccccc1F. The topological polar surface area (TPSA) is 41.1 Å². The van der Waals surface area contributed by atoms with Crippen molar-refractivity contribution in [3.8, 4) is 0 Å². The van der Waals surface area contributed by atoms with Crippen LogP contribution in [0.4, 0.5) is 10.1 Å². The zero-order chi connectivity index (χ0) is 13.8. The van der Waals surface area contributed by atoms with Crippen LogP contribution in [-0.2, 0) is 0 Å². The van der Waals surface area contributed by atoms with Crippen LogP contribution in [0.15, 0.2) is 41.4 Å². The number of aryl methyl sites for hydroxylation is 2. The van der Waals surface area contributed by atoms with Gasteiger partial charge >= 0.3 is 0 Å². The summed E-state index contributed by atoms with van der Waals surface area (Å²) in [5.74, 6) is 0.0821. The van der Waals surface area contributed by atoms with Gasteiger partial charge in [0.1, 0.15) is 11.7 Å². The fraction of sp³-hybridized carbons (Fsp3) is 0.200. The summed E-state index contributed by atoms with van der Waals surface area (Å²) in [6.07, 6.45) is 1.93. The van der Waals surface area contributed by atoms with E-state index in [2.05, 4.69) is 4.99 Å². The molecule has 0 bridgehead atoms. The second-order valence-electron chi connectivity index (χ2n) is 4.37. The van der Waals surface area contributed by atoms with E-state index in [-0.39, 0.29) is 5.82 Å². The maximum atomic E-state index is 13.3. The van der Waals surface area contributed by atoms with Gasteiger partial charge in [0.2, 0.25) is 0 Å². The summed E-state index contributed by atoms with van der Waals surface area (Å²) in [4.78, 5) is 4.06. The first kappa shape index (κ1) is 13.2. The number of nitrogens with zero attached hydrogens (tertiary/aromatic N) is 2. The van der Waals surface area contributed by atoms with Gasteiger partial charge in [-0.25, -0.2) is 4.39 Å². The van der Waals surface area contributed by atoms with E-state index in [9.17, 15) is 4.39 Å². The van der Waals surface area contributed by atoms with Crippen LogP contribution in [0.25, 0.3) is 0 Å². The Kier molecular flexibility index (Phi) is 3.90. The van der Waals surface area contributed by atoms with Crippen molar-refractivity contribution in [1.82, 2.24) is 4.57 Å². The molecule has 19 heavy (non-hydrogen) atoms. The molecule has 1 aromatic carbocycles. The lowest BCUT2D eigenvalue weighted by molar-refractivity contribution is 0.630. The predicted molar refractivity (Wildman–Crippen MR) is 76.2 cm³/mol. The van der Waals surface area contributed by atoms with Gasteiger partial charge in [-0.05, 0) is 38.1 Å². The Hall–Kier alpha value is -2.23. The highest BCUT2D eigenvalue weighted by atomic mass is 19.1. The average Bonchev–Trinajstić information content (AvgIpc) is 2.71. The van der Waals surface area contributed by atoms with Crippen LogP contribution >= 0.6 is 0 Å². The molecule has 4 heteroatoms. The van der Waals surface area contributed by atoms with Gasteiger partial charge < -0.3 is 4.57 Å².